The topological polar surface area (TPSA) is 95.6 Å². The summed E-state index contributed by atoms with van der Waals surface area (Å²) in [5.74, 6) is 1.14. The number of aromatic nitrogens is 2. The van der Waals surface area contributed by atoms with E-state index in [1.807, 2.05) is 4.90 Å². The van der Waals surface area contributed by atoms with Crippen molar-refractivity contribution in [3.05, 3.63) is 27.4 Å². The number of nitrogens with one attached hydrogen (secondary N) is 1. The molecule has 1 saturated carbocycles. The van der Waals surface area contributed by atoms with Crippen LogP contribution >= 0.6 is 0 Å². The highest BCUT2D eigenvalue weighted by molar-refractivity contribution is 5.78. The van der Waals surface area contributed by atoms with Crippen molar-refractivity contribution in [2.75, 3.05) is 26.8 Å². The fourth-order valence-corrected chi connectivity index (χ4v) is 5.13. The number of hydrogen-bond acceptors (Lipinski definition) is 5. The molecule has 0 radical (unpaired) electrons. The largest absolute Gasteiger partial charge is 0.375 e. The summed E-state index contributed by atoms with van der Waals surface area (Å²) in [6.07, 6.45) is 8.62. The number of nitrogens with zero attached hydrogens (tertiary/aromatic N) is 3. The molecule has 8 nitrogen and oxygen atoms in total. The minimum absolute atomic E-state index is 0.0315. The zero-order valence-corrected chi connectivity index (χ0v) is 17.8. The first-order chi connectivity index (χ1) is 14.6. The molecule has 4 rings (SSSR count). The zero-order chi connectivity index (χ0) is 21.1. The van der Waals surface area contributed by atoms with E-state index in [0.717, 1.165) is 37.8 Å². The maximum atomic E-state index is 12.9. The Morgan fingerprint density at radius 2 is 1.87 bits per heavy atom. The van der Waals surface area contributed by atoms with E-state index in [1.54, 1.807) is 4.90 Å². The molecule has 0 aromatic carbocycles. The first kappa shape index (κ1) is 21.0. The Kier molecular flexibility index (Phi) is 6.51. The Morgan fingerprint density at radius 3 is 2.63 bits per heavy atom. The zero-order valence-electron chi connectivity index (χ0n) is 17.8. The van der Waals surface area contributed by atoms with Crippen LogP contribution in [-0.2, 0) is 27.3 Å². The van der Waals surface area contributed by atoms with Crippen LogP contribution in [0.4, 0.5) is 0 Å². The van der Waals surface area contributed by atoms with Gasteiger partial charge < -0.3 is 19.5 Å². The highest BCUT2D eigenvalue weighted by Crippen LogP contribution is 2.30. The van der Waals surface area contributed by atoms with Gasteiger partial charge in [0, 0.05) is 33.0 Å². The summed E-state index contributed by atoms with van der Waals surface area (Å²) in [5.41, 5.74) is 1.18. The van der Waals surface area contributed by atoms with E-state index in [1.165, 1.54) is 20.0 Å². The minimum atomic E-state index is -0.221. The monoisotopic (exact) mass is 416 g/mol. The second kappa shape index (κ2) is 9.29. The Balaban J connectivity index is 1.50. The van der Waals surface area contributed by atoms with Gasteiger partial charge in [0.2, 0.25) is 11.8 Å². The van der Waals surface area contributed by atoms with Crippen molar-refractivity contribution in [3.63, 3.8) is 0 Å². The molecule has 164 valence electrons. The molecule has 1 aliphatic carbocycles. The molecule has 1 saturated heterocycles. The van der Waals surface area contributed by atoms with Gasteiger partial charge in [-0.2, -0.15) is 0 Å². The summed E-state index contributed by atoms with van der Waals surface area (Å²) in [5, 5.41) is 0. The Hall–Kier alpha value is -2.22. The lowest BCUT2D eigenvalue weighted by atomic mass is 9.99. The van der Waals surface area contributed by atoms with Gasteiger partial charge >= 0.3 is 0 Å². The van der Waals surface area contributed by atoms with Crippen molar-refractivity contribution in [3.8, 4) is 0 Å². The molecule has 0 bridgehead atoms. The number of amides is 2. The molecule has 0 unspecified atom stereocenters. The predicted molar refractivity (Wildman–Crippen MR) is 111 cm³/mol. The van der Waals surface area contributed by atoms with Crippen LogP contribution in [0.1, 0.15) is 74.5 Å². The van der Waals surface area contributed by atoms with Gasteiger partial charge in [-0.25, -0.2) is 4.98 Å². The number of piperidine rings is 1. The normalized spacial score (nSPS) is 22.2. The van der Waals surface area contributed by atoms with Gasteiger partial charge in [-0.3, -0.25) is 14.4 Å². The van der Waals surface area contributed by atoms with Gasteiger partial charge in [0.05, 0.1) is 23.8 Å². The van der Waals surface area contributed by atoms with Gasteiger partial charge in [0.15, 0.2) is 0 Å². The molecule has 1 atom stereocenters. The SMILES string of the molecule is COCC(=O)N1CCCC[C@H]1c1nc2c(c(=O)[nH]1)CN(C(=O)CC1CCCC1)CC2. The second-order valence-electron chi connectivity index (χ2n) is 8.83. The highest BCUT2D eigenvalue weighted by atomic mass is 16.5. The van der Waals surface area contributed by atoms with Crippen molar-refractivity contribution in [1.29, 1.82) is 0 Å². The maximum Gasteiger partial charge on any atom is 0.256 e. The maximum absolute atomic E-state index is 12.9. The van der Waals surface area contributed by atoms with Gasteiger partial charge in [0.25, 0.3) is 5.56 Å². The number of ether oxygens (including phenoxy) is 1. The quantitative estimate of drug-likeness (QED) is 0.791. The molecule has 8 heteroatoms. The van der Waals surface area contributed by atoms with E-state index in [2.05, 4.69) is 4.98 Å². The number of carbonyl (C=O) groups is 2. The van der Waals surface area contributed by atoms with E-state index < -0.39 is 0 Å². The molecular formula is C22H32N4O4. The van der Waals surface area contributed by atoms with Crippen LogP contribution in [0.5, 0.6) is 0 Å². The summed E-state index contributed by atoms with van der Waals surface area (Å²) in [7, 11) is 1.51. The molecule has 0 spiro atoms. The van der Waals surface area contributed by atoms with Crippen molar-refractivity contribution in [2.45, 2.75) is 70.4 Å². The fourth-order valence-electron chi connectivity index (χ4n) is 5.13. The Bertz CT molecular complexity index is 846. The third kappa shape index (κ3) is 4.43. The molecule has 2 fully saturated rings. The number of likely N-dealkylation sites (tertiary alicyclic amines) is 1. The average molecular weight is 417 g/mol. The Labute approximate surface area is 177 Å². The lowest BCUT2D eigenvalue weighted by Crippen LogP contribution is -2.43. The first-order valence-electron chi connectivity index (χ1n) is 11.2. The lowest BCUT2D eigenvalue weighted by Gasteiger charge is -2.35. The van der Waals surface area contributed by atoms with Crippen molar-refractivity contribution < 1.29 is 14.3 Å². The summed E-state index contributed by atoms with van der Waals surface area (Å²) < 4.78 is 5.02. The fraction of sp³-hybridized carbons (Fsp3) is 0.727. The molecule has 3 heterocycles. The molecular weight excluding hydrogens is 384 g/mol. The molecule has 30 heavy (non-hydrogen) atoms. The van der Waals surface area contributed by atoms with Crippen LogP contribution in [0, 0.1) is 5.92 Å². The van der Waals surface area contributed by atoms with E-state index in [4.69, 9.17) is 9.72 Å². The van der Waals surface area contributed by atoms with Crippen molar-refractivity contribution >= 4 is 11.8 Å². The van der Waals surface area contributed by atoms with E-state index in [0.29, 0.717) is 49.8 Å². The molecule has 1 aromatic heterocycles. The summed E-state index contributed by atoms with van der Waals surface area (Å²) >= 11 is 0. The van der Waals surface area contributed by atoms with Crippen LogP contribution in [-0.4, -0.2) is 58.4 Å². The van der Waals surface area contributed by atoms with Crippen LogP contribution in [0.25, 0.3) is 0 Å². The van der Waals surface area contributed by atoms with Gasteiger partial charge in [0.1, 0.15) is 12.4 Å². The number of hydrogen-bond donors (Lipinski definition) is 1. The summed E-state index contributed by atoms with van der Waals surface area (Å²) in [4.78, 5) is 49.3. The first-order valence-corrected chi connectivity index (χ1v) is 11.2. The van der Waals surface area contributed by atoms with E-state index in [9.17, 15) is 14.4 Å². The van der Waals surface area contributed by atoms with E-state index in [-0.39, 0.29) is 30.0 Å². The van der Waals surface area contributed by atoms with Crippen molar-refractivity contribution in [1.82, 2.24) is 19.8 Å². The van der Waals surface area contributed by atoms with Gasteiger partial charge in [-0.05, 0) is 38.0 Å². The Morgan fingerprint density at radius 1 is 1.10 bits per heavy atom. The number of methoxy groups -OCH3 is 1. The smallest absolute Gasteiger partial charge is 0.256 e. The minimum Gasteiger partial charge on any atom is -0.375 e. The third-order valence-corrected chi connectivity index (χ3v) is 6.78. The van der Waals surface area contributed by atoms with Crippen LogP contribution in [0.2, 0.25) is 0 Å². The molecule has 2 amide bonds. The average Bonchev–Trinajstić information content (AvgIpc) is 3.26. The van der Waals surface area contributed by atoms with Crippen LogP contribution in [0.3, 0.4) is 0 Å². The highest BCUT2D eigenvalue weighted by Gasteiger charge is 2.32. The van der Waals surface area contributed by atoms with Gasteiger partial charge in [-0.1, -0.05) is 12.8 Å². The predicted octanol–water partition coefficient (Wildman–Crippen LogP) is 1.93. The van der Waals surface area contributed by atoms with E-state index >= 15 is 0 Å². The summed E-state index contributed by atoms with van der Waals surface area (Å²) in [6.45, 7) is 1.62. The molecule has 3 aliphatic rings. The van der Waals surface area contributed by atoms with Crippen LogP contribution in [0.15, 0.2) is 4.79 Å². The second-order valence-corrected chi connectivity index (χ2v) is 8.83. The molecule has 2 aliphatic heterocycles. The summed E-state index contributed by atoms with van der Waals surface area (Å²) in [6, 6.07) is -0.221. The number of rotatable bonds is 5. The molecule has 1 N–H and O–H groups in total. The number of H-pyrrole nitrogens is 1. The van der Waals surface area contributed by atoms with Gasteiger partial charge in [-0.15, -0.1) is 0 Å². The number of aromatic amines is 1. The number of fused-ring (bicyclic) bond motifs is 1. The lowest BCUT2D eigenvalue weighted by molar-refractivity contribution is -0.139. The molecule has 1 aromatic rings. The number of carbonyl (C=O) groups excluding carboxylic acids is 2. The third-order valence-electron chi connectivity index (χ3n) is 6.78. The van der Waals surface area contributed by atoms with Crippen LogP contribution < -0.4 is 5.56 Å². The standard InChI is InChI=1S/C22H32N4O4/c1-30-14-20(28)26-10-5-4-8-18(26)21-23-17-9-11-25(13-16(17)22(29)24-21)19(27)12-15-6-2-3-7-15/h15,18H,2-14H2,1H3,(H,23,24,29)/t18-/m0/s1. The van der Waals surface area contributed by atoms with Crippen molar-refractivity contribution in [2.24, 2.45) is 5.92 Å².